The number of halogens is 1. The van der Waals surface area contributed by atoms with E-state index in [1.165, 1.54) is 17.1 Å². The smallest absolute Gasteiger partial charge is 0.161 e. The second-order valence-corrected chi connectivity index (χ2v) is 8.64. The molecule has 192 valence electrons. The van der Waals surface area contributed by atoms with E-state index < -0.39 is 5.82 Å². The van der Waals surface area contributed by atoms with E-state index in [0.717, 1.165) is 28.7 Å². The fourth-order valence-corrected chi connectivity index (χ4v) is 4.10. The maximum absolute atomic E-state index is 13.3. The van der Waals surface area contributed by atoms with E-state index in [-0.39, 0.29) is 6.04 Å². The van der Waals surface area contributed by atoms with Gasteiger partial charge >= 0.3 is 0 Å². The van der Waals surface area contributed by atoms with Crippen molar-refractivity contribution < 1.29 is 13.9 Å². The normalized spacial score (nSPS) is 11.9. The van der Waals surface area contributed by atoms with Crippen LogP contribution in [0.25, 0.3) is 22.5 Å². The molecule has 5 aromatic heterocycles. The van der Waals surface area contributed by atoms with E-state index in [1.54, 1.807) is 36.3 Å². The quantitative estimate of drug-likeness (QED) is 0.271. The maximum Gasteiger partial charge on any atom is 0.161 e. The lowest BCUT2D eigenvalue weighted by molar-refractivity contribution is 0.146. The lowest BCUT2D eigenvalue weighted by Gasteiger charge is -2.26. The van der Waals surface area contributed by atoms with Crippen LogP contribution >= 0.6 is 0 Å². The molecule has 0 saturated heterocycles. The van der Waals surface area contributed by atoms with Crippen molar-refractivity contribution in [3.8, 4) is 28.8 Å². The number of anilines is 1. The summed E-state index contributed by atoms with van der Waals surface area (Å²) in [6, 6.07) is 11.7. The van der Waals surface area contributed by atoms with E-state index in [9.17, 15) is 9.65 Å². The maximum atomic E-state index is 13.3. The Morgan fingerprint density at radius 1 is 1.05 bits per heavy atom. The van der Waals surface area contributed by atoms with Crippen LogP contribution in [0.3, 0.4) is 0 Å². The molecule has 0 aliphatic heterocycles. The van der Waals surface area contributed by atoms with Gasteiger partial charge in [-0.2, -0.15) is 15.5 Å². The number of hydrogen-bond donors (Lipinski definition) is 0. The molecule has 5 rings (SSSR count). The molecule has 38 heavy (non-hydrogen) atoms. The van der Waals surface area contributed by atoms with Crippen LogP contribution in [0.1, 0.15) is 24.1 Å². The van der Waals surface area contributed by atoms with Crippen molar-refractivity contribution in [3.05, 3.63) is 84.5 Å². The largest absolute Gasteiger partial charge is 0.490 e. The third-order valence-corrected chi connectivity index (χ3v) is 6.30. The third-order valence-electron chi connectivity index (χ3n) is 6.30. The molecule has 0 amide bonds. The molecule has 10 nitrogen and oxygen atoms in total. The Morgan fingerprint density at radius 3 is 2.58 bits per heavy atom. The highest BCUT2D eigenvalue weighted by atomic mass is 19.1. The van der Waals surface area contributed by atoms with E-state index in [4.69, 9.17) is 14.5 Å². The van der Waals surface area contributed by atoms with Crippen LogP contribution in [0.4, 0.5) is 10.2 Å². The van der Waals surface area contributed by atoms with Gasteiger partial charge in [0, 0.05) is 37.7 Å². The SMILES string of the molecule is COCCOc1cc(-c2ccc(N(C)C(C)c3ccc(-n4cc(F)cn4)nc3)nc2)c2c(C#N)cnn2c1. The Kier molecular flexibility index (Phi) is 6.97. The minimum Gasteiger partial charge on any atom is -0.490 e. The van der Waals surface area contributed by atoms with Crippen molar-refractivity contribution in [3.63, 3.8) is 0 Å². The van der Waals surface area contributed by atoms with Gasteiger partial charge in [-0.25, -0.2) is 23.6 Å². The molecular formula is C27H25FN8O2. The van der Waals surface area contributed by atoms with Gasteiger partial charge < -0.3 is 14.4 Å². The summed E-state index contributed by atoms with van der Waals surface area (Å²) in [6.45, 7) is 2.90. The molecule has 0 saturated carbocycles. The standard InChI is InChI=1S/C27H25FN8O2/c1-18(19-4-7-26(31-12-19)35-16-22(28)15-33-35)34(2)25-6-5-20(13-30-25)24-10-23(38-9-8-37-3)17-36-27(24)21(11-29)14-32-36/h4-7,10,12-18H,8-9H2,1-3H3. The van der Waals surface area contributed by atoms with Crippen LogP contribution < -0.4 is 9.64 Å². The molecule has 5 heterocycles. The minimum atomic E-state index is -0.415. The molecule has 0 N–H and O–H groups in total. The lowest BCUT2D eigenvalue weighted by Crippen LogP contribution is -2.22. The first kappa shape index (κ1) is 24.9. The predicted octanol–water partition coefficient (Wildman–Crippen LogP) is 4.21. The molecule has 5 aromatic rings. The molecule has 1 atom stereocenters. The minimum absolute atomic E-state index is 0.0338. The molecule has 0 bridgehead atoms. The molecule has 0 fully saturated rings. The zero-order valence-electron chi connectivity index (χ0n) is 21.1. The van der Waals surface area contributed by atoms with Gasteiger partial charge in [0.2, 0.25) is 0 Å². The highest BCUT2D eigenvalue weighted by Crippen LogP contribution is 2.32. The van der Waals surface area contributed by atoms with Crippen LogP contribution in [0.2, 0.25) is 0 Å². The first-order valence-electron chi connectivity index (χ1n) is 11.9. The average Bonchev–Trinajstić information content (AvgIpc) is 3.58. The summed E-state index contributed by atoms with van der Waals surface area (Å²) in [7, 11) is 3.57. The number of ether oxygens (including phenoxy) is 2. The monoisotopic (exact) mass is 512 g/mol. The van der Waals surface area contributed by atoms with Crippen LogP contribution in [0.5, 0.6) is 5.75 Å². The number of pyridine rings is 3. The number of hydrogen-bond acceptors (Lipinski definition) is 8. The van der Waals surface area contributed by atoms with Gasteiger partial charge in [0.1, 0.15) is 24.2 Å². The Balaban J connectivity index is 1.39. The number of fused-ring (bicyclic) bond motifs is 1. The highest BCUT2D eigenvalue weighted by molar-refractivity contribution is 5.85. The molecule has 0 aliphatic rings. The van der Waals surface area contributed by atoms with Crippen LogP contribution in [0, 0.1) is 17.1 Å². The van der Waals surface area contributed by atoms with Crippen LogP contribution in [-0.4, -0.2) is 56.7 Å². The van der Waals surface area contributed by atoms with Crippen molar-refractivity contribution in [1.82, 2.24) is 29.4 Å². The molecule has 0 spiro atoms. The number of aromatic nitrogens is 6. The summed E-state index contributed by atoms with van der Waals surface area (Å²) < 4.78 is 27.2. The lowest BCUT2D eigenvalue weighted by atomic mass is 10.0. The van der Waals surface area contributed by atoms with Crippen molar-refractivity contribution >= 4 is 11.3 Å². The fraction of sp³-hybridized carbons (Fsp3) is 0.222. The number of methoxy groups -OCH3 is 1. The van der Waals surface area contributed by atoms with Gasteiger partial charge in [0.25, 0.3) is 0 Å². The topological polar surface area (TPSA) is 106 Å². The van der Waals surface area contributed by atoms with Gasteiger partial charge in [0.05, 0.1) is 48.5 Å². The Morgan fingerprint density at radius 2 is 1.92 bits per heavy atom. The molecule has 0 aromatic carbocycles. The first-order chi connectivity index (χ1) is 18.5. The van der Waals surface area contributed by atoms with E-state index >= 15 is 0 Å². The van der Waals surface area contributed by atoms with Crippen molar-refractivity contribution in [1.29, 1.82) is 5.26 Å². The van der Waals surface area contributed by atoms with Gasteiger partial charge in [-0.05, 0) is 36.8 Å². The third kappa shape index (κ3) is 4.89. The van der Waals surface area contributed by atoms with Crippen LogP contribution in [0.15, 0.2) is 67.5 Å². The van der Waals surface area contributed by atoms with E-state index in [1.807, 2.05) is 36.2 Å². The number of nitriles is 1. The van der Waals surface area contributed by atoms with Crippen molar-refractivity contribution in [2.24, 2.45) is 0 Å². The zero-order chi connectivity index (χ0) is 26.6. The summed E-state index contributed by atoms with van der Waals surface area (Å²) >= 11 is 0. The average molecular weight is 513 g/mol. The fourth-order valence-electron chi connectivity index (χ4n) is 4.10. The Bertz CT molecular complexity index is 1590. The molecule has 11 heteroatoms. The molecule has 0 aliphatic carbocycles. The predicted molar refractivity (Wildman–Crippen MR) is 139 cm³/mol. The number of nitrogens with zero attached hydrogens (tertiary/aromatic N) is 8. The number of rotatable bonds is 9. The van der Waals surface area contributed by atoms with Crippen molar-refractivity contribution in [2.45, 2.75) is 13.0 Å². The second-order valence-electron chi connectivity index (χ2n) is 8.64. The summed E-state index contributed by atoms with van der Waals surface area (Å²) in [5, 5.41) is 17.9. The van der Waals surface area contributed by atoms with E-state index in [0.29, 0.717) is 35.9 Å². The molecule has 1 unspecified atom stereocenters. The summed E-state index contributed by atoms with van der Waals surface area (Å²) in [5.41, 5.74) is 3.73. The van der Waals surface area contributed by atoms with Gasteiger partial charge in [-0.15, -0.1) is 0 Å². The molecule has 0 radical (unpaired) electrons. The van der Waals surface area contributed by atoms with Gasteiger partial charge in [-0.1, -0.05) is 6.07 Å². The summed E-state index contributed by atoms with van der Waals surface area (Å²) in [4.78, 5) is 11.2. The van der Waals surface area contributed by atoms with Crippen molar-refractivity contribution in [2.75, 3.05) is 32.3 Å². The zero-order valence-corrected chi connectivity index (χ0v) is 21.1. The summed E-state index contributed by atoms with van der Waals surface area (Å²) in [5.74, 6) is 1.49. The summed E-state index contributed by atoms with van der Waals surface area (Å²) in [6.07, 6.45) is 9.23. The Labute approximate surface area is 218 Å². The van der Waals surface area contributed by atoms with Gasteiger partial charge in [-0.3, -0.25) is 0 Å². The second kappa shape index (κ2) is 10.7. The van der Waals surface area contributed by atoms with Gasteiger partial charge in [0.15, 0.2) is 11.6 Å². The Hall–Kier alpha value is -4.82. The highest BCUT2D eigenvalue weighted by Gasteiger charge is 2.17. The van der Waals surface area contributed by atoms with E-state index in [2.05, 4.69) is 28.2 Å². The molecular weight excluding hydrogens is 487 g/mol. The first-order valence-corrected chi connectivity index (χ1v) is 11.9. The van der Waals surface area contributed by atoms with Crippen LogP contribution in [-0.2, 0) is 4.74 Å².